The number of aromatic nitrogens is 1. The Hall–Kier alpha value is -3.60. The number of aryl methyl sites for hydroxylation is 1. The Kier molecular flexibility index (Phi) is 4.32. The largest absolute Gasteiger partial charge is 0.367 e. The van der Waals surface area contributed by atoms with Crippen LogP contribution in [0.1, 0.15) is 47.7 Å². The first-order valence-corrected chi connectivity index (χ1v) is 11.3. The number of hydrogen-bond donors (Lipinski definition) is 1. The Bertz CT molecular complexity index is 1370. The lowest BCUT2D eigenvalue weighted by molar-refractivity contribution is 0.104. The minimum Gasteiger partial charge on any atom is -0.367 e. The quantitative estimate of drug-likeness (QED) is 0.360. The minimum atomic E-state index is 0.00984. The van der Waals surface area contributed by atoms with E-state index in [1.165, 1.54) is 6.42 Å². The van der Waals surface area contributed by atoms with Crippen LogP contribution in [0.25, 0.3) is 22.2 Å². The molecule has 2 heterocycles. The summed E-state index contributed by atoms with van der Waals surface area (Å²) in [5.41, 5.74) is 6.86. The van der Waals surface area contributed by atoms with Crippen molar-refractivity contribution in [3.8, 4) is 11.3 Å². The number of carbonyl (C=O) groups is 1. The molecule has 0 saturated carbocycles. The van der Waals surface area contributed by atoms with Gasteiger partial charge < -0.3 is 14.7 Å². The van der Waals surface area contributed by atoms with Crippen molar-refractivity contribution in [2.75, 3.05) is 16.8 Å². The lowest BCUT2D eigenvalue weighted by Crippen LogP contribution is -2.37. The Morgan fingerprint density at radius 1 is 1.03 bits per heavy atom. The van der Waals surface area contributed by atoms with E-state index < -0.39 is 0 Å². The van der Waals surface area contributed by atoms with E-state index in [2.05, 4.69) is 41.4 Å². The highest BCUT2D eigenvalue weighted by molar-refractivity contribution is 6.28. The minimum absolute atomic E-state index is 0.00984. The van der Waals surface area contributed by atoms with Crippen molar-refractivity contribution < 1.29 is 9.32 Å². The van der Waals surface area contributed by atoms with Gasteiger partial charge in [-0.25, -0.2) is 0 Å². The van der Waals surface area contributed by atoms with Crippen LogP contribution in [0.15, 0.2) is 59.1 Å². The molecule has 3 aromatic carbocycles. The summed E-state index contributed by atoms with van der Waals surface area (Å²) in [5, 5.41) is 8.90. The summed E-state index contributed by atoms with van der Waals surface area (Å²) in [6.07, 6.45) is 3.54. The molecule has 0 amide bonds. The number of para-hydroxylation sites is 1. The normalized spacial score (nSPS) is 17.5. The second-order valence-corrected chi connectivity index (χ2v) is 8.91. The second kappa shape index (κ2) is 7.23. The summed E-state index contributed by atoms with van der Waals surface area (Å²) in [7, 11) is 0. The van der Waals surface area contributed by atoms with Crippen LogP contribution in [-0.4, -0.2) is 23.5 Å². The maximum absolute atomic E-state index is 13.7. The van der Waals surface area contributed by atoms with Gasteiger partial charge in [-0.05, 0) is 50.8 Å². The summed E-state index contributed by atoms with van der Waals surface area (Å²) in [4.78, 5) is 16.1. The van der Waals surface area contributed by atoms with E-state index in [1.54, 1.807) is 0 Å². The number of anilines is 3. The van der Waals surface area contributed by atoms with E-state index >= 15 is 0 Å². The topological polar surface area (TPSA) is 58.4 Å². The van der Waals surface area contributed by atoms with Gasteiger partial charge in [-0.1, -0.05) is 47.6 Å². The van der Waals surface area contributed by atoms with Crippen LogP contribution in [0.2, 0.25) is 0 Å². The van der Waals surface area contributed by atoms with Gasteiger partial charge in [0.05, 0.1) is 22.3 Å². The molecule has 1 atom stereocenters. The molecule has 1 aliphatic heterocycles. The number of rotatable bonds is 3. The SMILES string of the molecule is Cc1ccccc1Nc1cc(N2CCCCC2C)c2noc3c2c1C(=O)c1ccccc1-3. The van der Waals surface area contributed by atoms with Crippen LogP contribution in [0, 0.1) is 6.92 Å². The van der Waals surface area contributed by atoms with Crippen molar-refractivity contribution in [1.29, 1.82) is 0 Å². The fourth-order valence-corrected chi connectivity index (χ4v) is 5.17. The standard InChI is InChI=1S/C27H25N3O2/c1-16-9-3-6-13-20(16)28-21-15-22(30-14-8-7-10-17(30)2)25-24-23(21)26(31)18-11-4-5-12-19(18)27(24)32-29-25/h3-6,9,11-13,15,17,28H,7-8,10,14H2,1-2H3. The predicted molar refractivity (Wildman–Crippen MR) is 128 cm³/mol. The summed E-state index contributed by atoms with van der Waals surface area (Å²) in [6, 6.07) is 18.3. The van der Waals surface area contributed by atoms with Gasteiger partial charge >= 0.3 is 0 Å². The average Bonchev–Trinajstić information content (AvgIpc) is 3.25. The molecule has 1 unspecified atom stereocenters. The molecule has 1 aromatic heterocycles. The smallest absolute Gasteiger partial charge is 0.196 e. The third-order valence-electron chi connectivity index (χ3n) is 6.91. The summed E-state index contributed by atoms with van der Waals surface area (Å²) in [6.45, 7) is 5.31. The third-order valence-corrected chi connectivity index (χ3v) is 6.91. The van der Waals surface area contributed by atoms with Gasteiger partial charge in [-0.15, -0.1) is 0 Å². The molecule has 2 aliphatic rings. The van der Waals surface area contributed by atoms with Gasteiger partial charge in [0.15, 0.2) is 11.5 Å². The van der Waals surface area contributed by atoms with Crippen LogP contribution in [0.4, 0.5) is 17.1 Å². The van der Waals surface area contributed by atoms with E-state index in [9.17, 15) is 4.79 Å². The molecule has 1 saturated heterocycles. The second-order valence-electron chi connectivity index (χ2n) is 8.91. The Labute approximate surface area is 187 Å². The Morgan fingerprint density at radius 2 is 1.81 bits per heavy atom. The molecule has 1 fully saturated rings. The van der Waals surface area contributed by atoms with Gasteiger partial charge in [0.2, 0.25) is 0 Å². The van der Waals surface area contributed by atoms with Crippen LogP contribution in [-0.2, 0) is 0 Å². The predicted octanol–water partition coefficient (Wildman–Crippen LogP) is 6.47. The van der Waals surface area contributed by atoms with E-state index in [0.29, 0.717) is 22.9 Å². The molecule has 0 bridgehead atoms. The van der Waals surface area contributed by atoms with Gasteiger partial charge in [0, 0.05) is 29.4 Å². The van der Waals surface area contributed by atoms with Crippen LogP contribution < -0.4 is 10.2 Å². The summed E-state index contributed by atoms with van der Waals surface area (Å²) < 4.78 is 5.91. The molecule has 1 N–H and O–H groups in total. The lowest BCUT2D eigenvalue weighted by atomic mass is 9.86. The van der Waals surface area contributed by atoms with E-state index in [-0.39, 0.29) is 5.78 Å². The van der Waals surface area contributed by atoms with Gasteiger partial charge in [-0.3, -0.25) is 4.79 Å². The van der Waals surface area contributed by atoms with Gasteiger partial charge in [0.1, 0.15) is 5.52 Å². The van der Waals surface area contributed by atoms with E-state index in [4.69, 9.17) is 4.52 Å². The molecule has 0 spiro atoms. The van der Waals surface area contributed by atoms with Gasteiger partial charge in [-0.2, -0.15) is 0 Å². The van der Waals surface area contributed by atoms with Crippen molar-refractivity contribution in [3.05, 3.63) is 71.3 Å². The third kappa shape index (κ3) is 2.77. The molecular formula is C27H25N3O2. The number of benzene rings is 3. The zero-order valence-electron chi connectivity index (χ0n) is 18.3. The number of fused-ring (bicyclic) bond motifs is 2. The van der Waals surface area contributed by atoms with Crippen LogP contribution in [0.3, 0.4) is 0 Å². The first-order chi connectivity index (χ1) is 15.6. The van der Waals surface area contributed by atoms with Gasteiger partial charge in [0.25, 0.3) is 0 Å². The fraction of sp³-hybridized carbons (Fsp3) is 0.259. The molecule has 5 heteroatoms. The number of nitrogens with one attached hydrogen (secondary N) is 1. The van der Waals surface area contributed by atoms with Crippen molar-refractivity contribution in [2.24, 2.45) is 0 Å². The molecule has 6 rings (SSSR count). The Morgan fingerprint density at radius 3 is 2.62 bits per heavy atom. The maximum atomic E-state index is 13.7. The summed E-state index contributed by atoms with van der Waals surface area (Å²) >= 11 is 0. The van der Waals surface area contributed by atoms with E-state index in [0.717, 1.165) is 58.5 Å². The van der Waals surface area contributed by atoms with Crippen molar-refractivity contribution in [3.63, 3.8) is 0 Å². The van der Waals surface area contributed by atoms with E-state index in [1.807, 2.05) is 42.5 Å². The molecule has 5 nitrogen and oxygen atoms in total. The molecule has 4 aromatic rings. The first kappa shape index (κ1) is 19.1. The number of carbonyl (C=O) groups excluding carboxylic acids is 1. The number of ketones is 1. The average molecular weight is 424 g/mol. The van der Waals surface area contributed by atoms with Crippen LogP contribution >= 0.6 is 0 Å². The number of hydrogen-bond acceptors (Lipinski definition) is 5. The zero-order valence-corrected chi connectivity index (χ0v) is 18.3. The number of nitrogens with zero attached hydrogens (tertiary/aromatic N) is 2. The highest BCUT2D eigenvalue weighted by Crippen LogP contribution is 2.47. The zero-order chi connectivity index (χ0) is 21.8. The lowest BCUT2D eigenvalue weighted by Gasteiger charge is -2.36. The first-order valence-electron chi connectivity index (χ1n) is 11.3. The van der Waals surface area contributed by atoms with Crippen LogP contribution in [0.5, 0.6) is 0 Å². The highest BCUT2D eigenvalue weighted by atomic mass is 16.5. The molecule has 32 heavy (non-hydrogen) atoms. The summed E-state index contributed by atoms with van der Waals surface area (Å²) in [5.74, 6) is 0.695. The molecular weight excluding hydrogens is 398 g/mol. The highest BCUT2D eigenvalue weighted by Gasteiger charge is 2.34. The fourth-order valence-electron chi connectivity index (χ4n) is 5.17. The van der Waals surface area contributed by atoms with Crippen molar-refractivity contribution in [1.82, 2.24) is 5.16 Å². The molecule has 0 radical (unpaired) electrons. The molecule has 1 aliphatic carbocycles. The van der Waals surface area contributed by atoms with Crippen molar-refractivity contribution in [2.45, 2.75) is 39.2 Å². The Balaban J connectivity index is 1.64. The van der Waals surface area contributed by atoms with Crippen molar-refractivity contribution >= 4 is 33.7 Å². The molecule has 160 valence electrons. The monoisotopic (exact) mass is 423 g/mol. The maximum Gasteiger partial charge on any atom is 0.196 e. The number of piperidine rings is 1.